The van der Waals surface area contributed by atoms with Crippen molar-refractivity contribution in [3.8, 4) is 11.3 Å². The van der Waals surface area contributed by atoms with Crippen LogP contribution in [0.2, 0.25) is 0 Å². The van der Waals surface area contributed by atoms with E-state index in [1.165, 1.54) is 10.8 Å². The summed E-state index contributed by atoms with van der Waals surface area (Å²) in [7, 11) is 0. The van der Waals surface area contributed by atoms with E-state index < -0.39 is 0 Å². The number of anilines is 2. The van der Waals surface area contributed by atoms with Gasteiger partial charge in [-0.05, 0) is 52.6 Å². The number of fused-ring (bicyclic) bond motifs is 2. The van der Waals surface area contributed by atoms with Gasteiger partial charge in [-0.3, -0.25) is 4.79 Å². The Morgan fingerprint density at radius 2 is 1.56 bits per heavy atom. The highest BCUT2D eigenvalue weighted by atomic mass is 32.2. The molecule has 0 saturated heterocycles. The third-order valence-corrected chi connectivity index (χ3v) is 7.17. The number of H-pyrrole nitrogens is 1. The Balaban J connectivity index is 1.24. The molecule has 0 atom stereocenters. The van der Waals surface area contributed by atoms with Crippen molar-refractivity contribution in [1.29, 1.82) is 0 Å². The Morgan fingerprint density at radius 1 is 0.778 bits per heavy atom. The fraction of sp³-hybridized carbons (Fsp3) is 0.0333. The molecule has 0 aliphatic heterocycles. The zero-order chi connectivity index (χ0) is 24.3. The minimum absolute atomic E-state index is 0.0574. The largest absolute Gasteiger partial charge is 0.323 e. The van der Waals surface area contributed by atoms with E-state index in [1.807, 2.05) is 72.8 Å². The first-order valence-corrected chi connectivity index (χ1v) is 12.6. The van der Waals surface area contributed by atoms with Gasteiger partial charge in [0.1, 0.15) is 0 Å². The van der Waals surface area contributed by atoms with Crippen molar-refractivity contribution >= 4 is 45.1 Å². The molecule has 4 aromatic carbocycles. The van der Waals surface area contributed by atoms with Crippen LogP contribution in [0.15, 0.2) is 119 Å². The lowest BCUT2D eigenvalue weighted by Crippen LogP contribution is -2.11. The molecule has 6 aromatic rings. The second kappa shape index (κ2) is 9.68. The van der Waals surface area contributed by atoms with Crippen molar-refractivity contribution in [2.45, 2.75) is 10.6 Å². The van der Waals surface area contributed by atoms with Gasteiger partial charge >= 0.3 is 0 Å². The standard InChI is InChI=1S/C30H22N4OS/c35-29-24(18-22-9-3-4-10-25(22)32-29)19-36-28-12-6-5-11-27(28)34-30-31-16-15-26(33-30)23-14-13-20-7-1-2-8-21(20)17-23/h1-18H,19H2,(H,32,35)(H,31,33,34). The summed E-state index contributed by atoms with van der Waals surface area (Å²) in [4.78, 5) is 25.8. The summed E-state index contributed by atoms with van der Waals surface area (Å²) in [5, 5.41) is 6.77. The minimum Gasteiger partial charge on any atom is -0.323 e. The Kier molecular flexibility index (Phi) is 5.93. The Hall–Kier alpha value is -4.42. The van der Waals surface area contributed by atoms with Gasteiger partial charge in [0.05, 0.1) is 11.4 Å². The summed E-state index contributed by atoms with van der Waals surface area (Å²) in [6, 6.07) is 34.3. The average Bonchev–Trinajstić information content (AvgIpc) is 2.92. The number of rotatable bonds is 6. The lowest BCUT2D eigenvalue weighted by Gasteiger charge is -2.12. The number of nitrogens with zero attached hydrogens (tertiary/aromatic N) is 2. The highest BCUT2D eigenvalue weighted by Gasteiger charge is 2.09. The molecule has 0 aliphatic rings. The van der Waals surface area contributed by atoms with Gasteiger partial charge in [0.2, 0.25) is 5.95 Å². The minimum atomic E-state index is -0.0574. The number of nitrogens with one attached hydrogen (secondary N) is 2. The molecular weight excluding hydrogens is 464 g/mol. The predicted molar refractivity (Wildman–Crippen MR) is 149 cm³/mol. The van der Waals surface area contributed by atoms with Crippen molar-refractivity contribution in [1.82, 2.24) is 15.0 Å². The quantitative estimate of drug-likeness (QED) is 0.244. The van der Waals surface area contributed by atoms with Crippen LogP contribution >= 0.6 is 11.8 Å². The second-order valence-electron chi connectivity index (χ2n) is 8.45. The first kappa shape index (κ1) is 22.1. The van der Waals surface area contributed by atoms with Crippen LogP contribution in [-0.4, -0.2) is 15.0 Å². The molecule has 2 aromatic heterocycles. The van der Waals surface area contributed by atoms with Crippen LogP contribution in [0.3, 0.4) is 0 Å². The van der Waals surface area contributed by atoms with E-state index in [0.29, 0.717) is 11.7 Å². The molecule has 0 radical (unpaired) electrons. The van der Waals surface area contributed by atoms with Crippen molar-refractivity contribution in [3.63, 3.8) is 0 Å². The van der Waals surface area contributed by atoms with E-state index in [4.69, 9.17) is 4.98 Å². The van der Waals surface area contributed by atoms with Crippen molar-refractivity contribution in [2.75, 3.05) is 5.32 Å². The number of hydrogen-bond acceptors (Lipinski definition) is 5. The molecule has 0 saturated carbocycles. The van der Waals surface area contributed by atoms with Gasteiger partial charge < -0.3 is 10.3 Å². The maximum atomic E-state index is 12.6. The van der Waals surface area contributed by atoms with Crippen LogP contribution in [0.5, 0.6) is 0 Å². The molecule has 0 amide bonds. The topological polar surface area (TPSA) is 70.7 Å². The molecule has 174 valence electrons. The fourth-order valence-electron chi connectivity index (χ4n) is 4.20. The summed E-state index contributed by atoms with van der Waals surface area (Å²) in [6.45, 7) is 0. The van der Waals surface area contributed by atoms with Gasteiger partial charge in [-0.1, -0.05) is 66.7 Å². The summed E-state index contributed by atoms with van der Waals surface area (Å²) < 4.78 is 0. The van der Waals surface area contributed by atoms with Crippen LogP contribution in [0.1, 0.15) is 5.56 Å². The van der Waals surface area contributed by atoms with E-state index >= 15 is 0 Å². The zero-order valence-corrected chi connectivity index (χ0v) is 20.1. The average molecular weight is 487 g/mol. The molecule has 0 unspecified atom stereocenters. The molecule has 0 aliphatic carbocycles. The third kappa shape index (κ3) is 4.59. The monoisotopic (exact) mass is 486 g/mol. The van der Waals surface area contributed by atoms with E-state index in [0.717, 1.165) is 38.3 Å². The fourth-order valence-corrected chi connectivity index (χ4v) is 5.17. The maximum Gasteiger partial charge on any atom is 0.252 e. The van der Waals surface area contributed by atoms with Crippen LogP contribution in [-0.2, 0) is 5.75 Å². The van der Waals surface area contributed by atoms with Crippen LogP contribution in [0.4, 0.5) is 11.6 Å². The molecule has 6 rings (SSSR count). The number of aromatic amines is 1. The predicted octanol–water partition coefficient (Wildman–Crippen LogP) is 7.17. The maximum absolute atomic E-state index is 12.6. The van der Waals surface area contributed by atoms with Crippen molar-refractivity contribution in [2.24, 2.45) is 0 Å². The van der Waals surface area contributed by atoms with Gasteiger partial charge in [-0.15, -0.1) is 11.8 Å². The zero-order valence-electron chi connectivity index (χ0n) is 19.3. The second-order valence-corrected chi connectivity index (χ2v) is 9.47. The molecule has 0 spiro atoms. The van der Waals surface area contributed by atoms with E-state index in [-0.39, 0.29) is 5.56 Å². The van der Waals surface area contributed by atoms with Gasteiger partial charge in [-0.2, -0.15) is 0 Å². The number of aromatic nitrogens is 3. The number of para-hydroxylation sites is 2. The van der Waals surface area contributed by atoms with Gasteiger partial charge in [0.15, 0.2) is 0 Å². The normalized spacial score (nSPS) is 11.1. The number of thioether (sulfide) groups is 1. The van der Waals surface area contributed by atoms with Crippen LogP contribution < -0.4 is 10.9 Å². The van der Waals surface area contributed by atoms with Gasteiger partial charge in [-0.25, -0.2) is 9.97 Å². The highest BCUT2D eigenvalue weighted by molar-refractivity contribution is 7.98. The van der Waals surface area contributed by atoms with Crippen LogP contribution in [0.25, 0.3) is 32.9 Å². The third-order valence-electron chi connectivity index (χ3n) is 6.05. The summed E-state index contributed by atoms with van der Waals surface area (Å²) in [6.07, 6.45) is 1.77. The smallest absolute Gasteiger partial charge is 0.252 e. The summed E-state index contributed by atoms with van der Waals surface area (Å²) >= 11 is 1.61. The first-order chi connectivity index (χ1) is 17.7. The van der Waals surface area contributed by atoms with Gasteiger partial charge in [0.25, 0.3) is 5.56 Å². The van der Waals surface area contributed by atoms with E-state index in [2.05, 4.69) is 45.6 Å². The number of pyridine rings is 1. The molecule has 5 nitrogen and oxygen atoms in total. The Bertz CT molecular complexity index is 1760. The van der Waals surface area contributed by atoms with E-state index in [9.17, 15) is 4.79 Å². The highest BCUT2D eigenvalue weighted by Crippen LogP contribution is 2.31. The van der Waals surface area contributed by atoms with Gasteiger partial charge in [0, 0.05) is 33.5 Å². The Labute approximate surface area is 212 Å². The molecule has 2 heterocycles. The first-order valence-electron chi connectivity index (χ1n) is 11.6. The SMILES string of the molecule is O=c1[nH]c2ccccc2cc1CSc1ccccc1Nc1nccc(-c2ccc3ccccc3c2)n1. The molecule has 6 heteroatoms. The van der Waals surface area contributed by atoms with Crippen molar-refractivity contribution in [3.05, 3.63) is 125 Å². The lowest BCUT2D eigenvalue weighted by atomic mass is 10.1. The van der Waals surface area contributed by atoms with Crippen molar-refractivity contribution < 1.29 is 0 Å². The molecule has 0 fully saturated rings. The molecule has 0 bridgehead atoms. The lowest BCUT2D eigenvalue weighted by molar-refractivity contribution is 1.16. The Morgan fingerprint density at radius 3 is 2.47 bits per heavy atom. The summed E-state index contributed by atoms with van der Waals surface area (Å²) in [5.41, 5.74) is 4.32. The molecule has 2 N–H and O–H groups in total. The molecular formula is C30H22N4OS. The number of hydrogen-bond donors (Lipinski definition) is 2. The number of benzene rings is 4. The van der Waals surface area contributed by atoms with Crippen LogP contribution in [0, 0.1) is 0 Å². The summed E-state index contributed by atoms with van der Waals surface area (Å²) in [5.74, 6) is 1.08. The van der Waals surface area contributed by atoms with E-state index in [1.54, 1.807) is 18.0 Å². The molecule has 36 heavy (non-hydrogen) atoms.